The lowest BCUT2D eigenvalue weighted by Gasteiger charge is -2.35. The molecule has 0 N–H and O–H groups in total. The number of benzene rings is 12. The van der Waals surface area contributed by atoms with E-state index in [9.17, 15) is 0 Å². The standard InChI is InChI=1S/C74H51N/c1-6-22-52(23-7-1)55-24-20-25-56(50-55)53-40-44-61(45-41-53)75(63-48-49-66-65-34-16-18-37-68(65)74(71(66)51-63,59-30-12-4-13-31-59)60-32-14-5-15-33-60)62-46-42-54(43-47-62)64-36-21-39-70-72(64)67-35-17-19-38-69(67)73(70,57-26-8-2-9-27-57)58-28-10-3-11-29-58/h1-51H. The van der Waals surface area contributed by atoms with Gasteiger partial charge in [0.15, 0.2) is 0 Å². The molecule has 1 nitrogen and oxygen atoms in total. The van der Waals surface area contributed by atoms with Crippen LogP contribution in [0, 0.1) is 0 Å². The zero-order valence-corrected chi connectivity index (χ0v) is 41.4. The molecule has 75 heavy (non-hydrogen) atoms. The summed E-state index contributed by atoms with van der Waals surface area (Å²) < 4.78 is 0. The van der Waals surface area contributed by atoms with Crippen LogP contribution in [0.3, 0.4) is 0 Å². The van der Waals surface area contributed by atoms with Crippen molar-refractivity contribution >= 4 is 17.1 Å². The fourth-order valence-electron chi connectivity index (χ4n) is 12.9. The van der Waals surface area contributed by atoms with E-state index in [1.807, 2.05) is 0 Å². The summed E-state index contributed by atoms with van der Waals surface area (Å²) >= 11 is 0. The molecule has 1 heteroatoms. The Labute approximate surface area is 440 Å². The van der Waals surface area contributed by atoms with Crippen LogP contribution < -0.4 is 4.90 Å². The van der Waals surface area contributed by atoms with Crippen LogP contribution in [0.5, 0.6) is 0 Å². The second-order valence-electron chi connectivity index (χ2n) is 19.9. The van der Waals surface area contributed by atoms with Gasteiger partial charge in [0.1, 0.15) is 0 Å². The molecule has 12 aromatic carbocycles. The van der Waals surface area contributed by atoms with Gasteiger partial charge in [-0.1, -0.05) is 267 Å². The highest BCUT2D eigenvalue weighted by Crippen LogP contribution is 2.60. The molecule has 0 bridgehead atoms. The van der Waals surface area contributed by atoms with Crippen LogP contribution >= 0.6 is 0 Å². The van der Waals surface area contributed by atoms with Gasteiger partial charge in [-0.2, -0.15) is 0 Å². The highest BCUT2D eigenvalue weighted by atomic mass is 15.1. The van der Waals surface area contributed by atoms with Crippen LogP contribution in [0.25, 0.3) is 55.6 Å². The minimum atomic E-state index is -0.535. The first-order chi connectivity index (χ1) is 37.2. The van der Waals surface area contributed by atoms with Crippen molar-refractivity contribution in [3.63, 3.8) is 0 Å². The minimum absolute atomic E-state index is 0.474. The van der Waals surface area contributed by atoms with Crippen molar-refractivity contribution in [3.05, 3.63) is 354 Å². The van der Waals surface area contributed by atoms with E-state index in [2.05, 4.69) is 314 Å². The van der Waals surface area contributed by atoms with E-state index in [0.717, 1.165) is 17.1 Å². The lowest BCUT2D eigenvalue weighted by molar-refractivity contribution is 0.768. The zero-order valence-electron chi connectivity index (χ0n) is 41.4. The van der Waals surface area contributed by atoms with E-state index in [1.165, 1.54) is 100 Å². The lowest BCUT2D eigenvalue weighted by Crippen LogP contribution is -2.28. The van der Waals surface area contributed by atoms with Gasteiger partial charge in [0.05, 0.1) is 10.8 Å². The average Bonchev–Trinajstić information content (AvgIpc) is 3.97. The second kappa shape index (κ2) is 18.2. The smallest absolute Gasteiger partial charge is 0.0714 e. The third-order valence-electron chi connectivity index (χ3n) is 16.0. The van der Waals surface area contributed by atoms with E-state index in [-0.39, 0.29) is 0 Å². The maximum Gasteiger partial charge on any atom is 0.0714 e. The molecule has 0 saturated heterocycles. The highest BCUT2D eigenvalue weighted by Gasteiger charge is 2.48. The molecule has 14 rings (SSSR count). The normalized spacial score (nSPS) is 13.3. The number of fused-ring (bicyclic) bond motifs is 6. The second-order valence-corrected chi connectivity index (χ2v) is 19.9. The van der Waals surface area contributed by atoms with E-state index < -0.39 is 10.8 Å². The number of rotatable bonds is 10. The van der Waals surface area contributed by atoms with Gasteiger partial charge in [-0.25, -0.2) is 0 Å². The maximum atomic E-state index is 2.47. The van der Waals surface area contributed by atoms with Crippen molar-refractivity contribution in [1.82, 2.24) is 0 Å². The fourth-order valence-corrected chi connectivity index (χ4v) is 12.9. The summed E-state index contributed by atoms with van der Waals surface area (Å²) in [5, 5.41) is 0. The molecule has 0 unspecified atom stereocenters. The van der Waals surface area contributed by atoms with Gasteiger partial charge in [0.25, 0.3) is 0 Å². The Morgan fingerprint density at radius 3 is 1.11 bits per heavy atom. The lowest BCUT2D eigenvalue weighted by atomic mass is 9.67. The van der Waals surface area contributed by atoms with Crippen molar-refractivity contribution in [2.24, 2.45) is 0 Å². The molecule has 0 fully saturated rings. The van der Waals surface area contributed by atoms with Crippen LogP contribution in [0.15, 0.2) is 309 Å². The van der Waals surface area contributed by atoms with Crippen molar-refractivity contribution in [2.45, 2.75) is 10.8 Å². The molecule has 12 aromatic rings. The first-order valence-electron chi connectivity index (χ1n) is 26.1. The third-order valence-corrected chi connectivity index (χ3v) is 16.0. The van der Waals surface area contributed by atoms with Gasteiger partial charge in [0.2, 0.25) is 0 Å². The van der Waals surface area contributed by atoms with Gasteiger partial charge in [-0.3, -0.25) is 0 Å². The summed E-state index contributed by atoms with van der Waals surface area (Å²) in [6.07, 6.45) is 0. The molecular weight excluding hydrogens is 903 g/mol. The molecule has 0 radical (unpaired) electrons. The quantitative estimate of drug-likeness (QED) is 0.132. The molecule has 0 spiro atoms. The van der Waals surface area contributed by atoms with Crippen molar-refractivity contribution in [3.8, 4) is 55.6 Å². The number of hydrogen-bond acceptors (Lipinski definition) is 1. The van der Waals surface area contributed by atoms with Gasteiger partial charge in [-0.15, -0.1) is 0 Å². The third kappa shape index (κ3) is 7.00. The van der Waals surface area contributed by atoms with Crippen molar-refractivity contribution in [2.75, 3.05) is 4.90 Å². The van der Waals surface area contributed by atoms with Crippen molar-refractivity contribution < 1.29 is 0 Å². The Morgan fingerprint density at radius 2 is 0.560 bits per heavy atom. The van der Waals surface area contributed by atoms with Gasteiger partial charge >= 0.3 is 0 Å². The zero-order chi connectivity index (χ0) is 49.8. The van der Waals surface area contributed by atoms with Crippen LogP contribution in [-0.4, -0.2) is 0 Å². The number of nitrogens with zero attached hydrogens (tertiary/aromatic N) is 1. The predicted molar refractivity (Wildman–Crippen MR) is 312 cm³/mol. The molecule has 2 aliphatic rings. The van der Waals surface area contributed by atoms with E-state index >= 15 is 0 Å². The largest absolute Gasteiger partial charge is 0.310 e. The molecule has 0 saturated carbocycles. The molecule has 352 valence electrons. The molecule has 0 atom stereocenters. The van der Waals surface area contributed by atoms with Crippen LogP contribution in [0.4, 0.5) is 17.1 Å². The van der Waals surface area contributed by atoms with E-state index in [1.54, 1.807) is 0 Å². The maximum absolute atomic E-state index is 2.47. The Balaban J connectivity index is 0.939. The van der Waals surface area contributed by atoms with Crippen LogP contribution in [0.1, 0.15) is 44.5 Å². The Kier molecular flexibility index (Phi) is 10.7. The van der Waals surface area contributed by atoms with Gasteiger partial charge < -0.3 is 4.90 Å². The highest BCUT2D eigenvalue weighted by molar-refractivity contribution is 5.96. The molecule has 0 aliphatic heterocycles. The van der Waals surface area contributed by atoms with Crippen molar-refractivity contribution in [1.29, 1.82) is 0 Å². The summed E-state index contributed by atoms with van der Waals surface area (Å²) in [6.45, 7) is 0. The summed E-state index contributed by atoms with van der Waals surface area (Å²) in [7, 11) is 0. The SMILES string of the molecule is c1ccc(-c2cccc(-c3ccc(N(c4ccc(-c5cccc6c5-c5ccccc5C6(c5ccccc5)c5ccccc5)cc4)c4ccc5c(c4)C(c4ccccc4)(c4ccccc4)c4ccccc4-5)cc3)c2)cc1. The molecule has 0 heterocycles. The molecule has 2 aliphatic carbocycles. The Hall–Kier alpha value is -9.56. The van der Waals surface area contributed by atoms with Gasteiger partial charge in [-0.05, 0) is 143 Å². The summed E-state index contributed by atoms with van der Waals surface area (Å²) in [5.74, 6) is 0. The Bertz CT molecular complexity index is 3940. The van der Waals surface area contributed by atoms with Crippen LogP contribution in [0.2, 0.25) is 0 Å². The fraction of sp³-hybridized carbons (Fsp3) is 0.0270. The average molecular weight is 954 g/mol. The van der Waals surface area contributed by atoms with Crippen LogP contribution in [-0.2, 0) is 10.8 Å². The minimum Gasteiger partial charge on any atom is -0.310 e. The first-order valence-corrected chi connectivity index (χ1v) is 26.1. The number of hydrogen-bond donors (Lipinski definition) is 0. The molecule has 0 amide bonds. The van der Waals surface area contributed by atoms with E-state index in [4.69, 9.17) is 0 Å². The van der Waals surface area contributed by atoms with E-state index in [0.29, 0.717) is 0 Å². The Morgan fingerprint density at radius 1 is 0.200 bits per heavy atom. The summed E-state index contributed by atoms with van der Waals surface area (Å²) in [5.41, 5.74) is 24.7. The molecular formula is C74H51N. The predicted octanol–water partition coefficient (Wildman–Crippen LogP) is 18.9. The topological polar surface area (TPSA) is 3.24 Å². The summed E-state index contributed by atoms with van der Waals surface area (Å²) in [4.78, 5) is 2.44. The molecule has 0 aromatic heterocycles. The van der Waals surface area contributed by atoms with Gasteiger partial charge in [0, 0.05) is 17.1 Å². The first kappa shape index (κ1) is 44.2. The monoisotopic (exact) mass is 953 g/mol. The number of anilines is 3. The summed E-state index contributed by atoms with van der Waals surface area (Å²) in [6, 6.07) is 114.